The first-order chi connectivity index (χ1) is 16.8. The number of morpholine rings is 1. The minimum atomic E-state index is -0.526. The molecule has 1 saturated heterocycles. The first-order valence-electron chi connectivity index (χ1n) is 11.8. The van der Waals surface area contributed by atoms with Crippen molar-refractivity contribution in [1.29, 1.82) is 0 Å². The zero-order valence-electron chi connectivity index (χ0n) is 20.7. The number of hydrogen-bond acceptors (Lipinski definition) is 7. The summed E-state index contributed by atoms with van der Waals surface area (Å²) in [6.45, 7) is 10.8. The number of ether oxygens (including phenoxy) is 2. The second kappa shape index (κ2) is 10.5. The second-order valence-electron chi connectivity index (χ2n) is 9.65. The largest absolute Gasteiger partial charge is 0.492 e. The van der Waals surface area contributed by atoms with Gasteiger partial charge in [-0.3, -0.25) is 14.4 Å². The molecule has 186 valence electrons. The molecule has 0 bridgehead atoms. The van der Waals surface area contributed by atoms with Gasteiger partial charge in [-0.15, -0.1) is 0 Å². The van der Waals surface area contributed by atoms with Crippen molar-refractivity contribution in [1.82, 2.24) is 14.7 Å². The molecule has 1 aromatic heterocycles. The maximum atomic E-state index is 13.1. The maximum absolute atomic E-state index is 13.1. The number of nitrogens with one attached hydrogen (secondary N) is 1. The van der Waals surface area contributed by atoms with Crippen LogP contribution in [0.25, 0.3) is 10.8 Å². The summed E-state index contributed by atoms with van der Waals surface area (Å²) in [6, 6.07) is 13.0. The van der Waals surface area contributed by atoms with Gasteiger partial charge in [-0.25, -0.2) is 0 Å². The highest BCUT2D eigenvalue weighted by Crippen LogP contribution is 2.30. The molecule has 9 heteroatoms. The van der Waals surface area contributed by atoms with Gasteiger partial charge in [0.05, 0.1) is 18.9 Å². The van der Waals surface area contributed by atoms with E-state index in [2.05, 4.69) is 41.2 Å². The minimum absolute atomic E-state index is 0.0837. The van der Waals surface area contributed by atoms with E-state index < -0.39 is 5.91 Å². The van der Waals surface area contributed by atoms with Gasteiger partial charge < -0.3 is 20.0 Å². The third-order valence-electron chi connectivity index (χ3n) is 6.11. The fraction of sp³-hybridized carbons (Fsp3) is 0.423. The van der Waals surface area contributed by atoms with Gasteiger partial charge in [0.1, 0.15) is 18.2 Å². The average molecular weight is 480 g/mol. The highest BCUT2D eigenvalue weighted by molar-refractivity contribution is 6.50. The van der Waals surface area contributed by atoms with E-state index >= 15 is 0 Å². The van der Waals surface area contributed by atoms with Crippen LogP contribution in [0, 0.1) is 0 Å². The molecule has 0 radical (unpaired) electrons. The Kier molecular flexibility index (Phi) is 7.37. The fourth-order valence-electron chi connectivity index (χ4n) is 4.06. The molecule has 2 aromatic carbocycles. The van der Waals surface area contributed by atoms with Crippen molar-refractivity contribution in [3.63, 3.8) is 0 Å². The lowest BCUT2D eigenvalue weighted by molar-refractivity contribution is -0.110. The van der Waals surface area contributed by atoms with Gasteiger partial charge in [0.2, 0.25) is 0 Å². The normalized spacial score (nSPS) is 15.4. The topological polar surface area (TPSA) is 101 Å². The van der Waals surface area contributed by atoms with Gasteiger partial charge >= 0.3 is 0 Å². The molecule has 1 fully saturated rings. The molecule has 0 atom stereocenters. The standard InChI is InChI=1S/C26H33N5O4/c1-26(2,3)22-17-23(30(4)28-22)27-25(32)24(29-33)20-9-10-21(19-8-6-5-7-18(19)20)35-16-13-31-11-14-34-15-12-31/h5-10,17,33H,11-16H2,1-4H3,(H,27,32)/b29-24-. The molecule has 0 saturated carbocycles. The minimum Gasteiger partial charge on any atom is -0.492 e. The number of carbonyl (C=O) groups is 1. The number of aryl methyl sites for hydroxylation is 1. The van der Waals surface area contributed by atoms with Gasteiger partial charge in [0.15, 0.2) is 5.71 Å². The first-order valence-corrected chi connectivity index (χ1v) is 11.8. The van der Waals surface area contributed by atoms with Crippen molar-refractivity contribution in [3.05, 3.63) is 53.7 Å². The van der Waals surface area contributed by atoms with Gasteiger partial charge in [-0.05, 0) is 17.5 Å². The Labute approximate surface area is 205 Å². The van der Waals surface area contributed by atoms with Crippen LogP contribution in [0.5, 0.6) is 5.75 Å². The van der Waals surface area contributed by atoms with Crippen LogP contribution >= 0.6 is 0 Å². The van der Waals surface area contributed by atoms with E-state index in [0.717, 1.165) is 55.1 Å². The Morgan fingerprint density at radius 1 is 1.17 bits per heavy atom. The average Bonchev–Trinajstić information content (AvgIpc) is 3.22. The molecular formula is C26H33N5O4. The number of benzene rings is 2. The highest BCUT2D eigenvalue weighted by Gasteiger charge is 2.23. The number of amides is 1. The van der Waals surface area contributed by atoms with Crippen LogP contribution < -0.4 is 10.1 Å². The lowest BCUT2D eigenvalue weighted by atomic mass is 9.92. The van der Waals surface area contributed by atoms with Crippen LogP contribution in [0.2, 0.25) is 0 Å². The van der Waals surface area contributed by atoms with Crippen molar-refractivity contribution in [2.75, 3.05) is 44.8 Å². The van der Waals surface area contributed by atoms with Gasteiger partial charge in [-0.1, -0.05) is 50.2 Å². The highest BCUT2D eigenvalue weighted by atomic mass is 16.5. The number of oxime groups is 1. The molecule has 4 rings (SSSR count). The summed E-state index contributed by atoms with van der Waals surface area (Å²) in [7, 11) is 1.76. The van der Waals surface area contributed by atoms with Crippen molar-refractivity contribution in [2.24, 2.45) is 12.2 Å². The quantitative estimate of drug-likeness (QED) is 0.306. The number of anilines is 1. The summed E-state index contributed by atoms with van der Waals surface area (Å²) in [4.78, 5) is 15.5. The van der Waals surface area contributed by atoms with E-state index in [1.54, 1.807) is 17.8 Å². The summed E-state index contributed by atoms with van der Waals surface area (Å²) in [6.07, 6.45) is 0. The van der Waals surface area contributed by atoms with Crippen molar-refractivity contribution in [2.45, 2.75) is 26.2 Å². The van der Waals surface area contributed by atoms with Crippen LogP contribution in [0.1, 0.15) is 32.0 Å². The predicted molar refractivity (Wildman–Crippen MR) is 136 cm³/mol. The Bertz CT molecular complexity index is 1220. The van der Waals surface area contributed by atoms with Gasteiger partial charge in [0.25, 0.3) is 5.91 Å². The molecule has 9 nitrogen and oxygen atoms in total. The molecule has 2 N–H and O–H groups in total. The number of hydrogen-bond donors (Lipinski definition) is 2. The molecule has 2 heterocycles. The Morgan fingerprint density at radius 3 is 2.54 bits per heavy atom. The fourth-order valence-corrected chi connectivity index (χ4v) is 4.06. The van der Waals surface area contributed by atoms with Crippen LogP contribution in [0.4, 0.5) is 5.82 Å². The van der Waals surface area contributed by atoms with Gasteiger partial charge in [-0.2, -0.15) is 5.10 Å². The third-order valence-corrected chi connectivity index (χ3v) is 6.11. The zero-order chi connectivity index (χ0) is 25.0. The van der Waals surface area contributed by atoms with Gasteiger partial charge in [0, 0.05) is 49.1 Å². The van der Waals surface area contributed by atoms with E-state index in [1.165, 1.54) is 0 Å². The molecule has 1 aliphatic rings. The number of rotatable bonds is 7. The van der Waals surface area contributed by atoms with E-state index in [9.17, 15) is 10.0 Å². The molecule has 3 aromatic rings. The molecule has 1 aliphatic heterocycles. The predicted octanol–water partition coefficient (Wildman–Crippen LogP) is 3.40. The summed E-state index contributed by atoms with van der Waals surface area (Å²) >= 11 is 0. The number of nitrogens with zero attached hydrogens (tertiary/aromatic N) is 4. The Morgan fingerprint density at radius 2 is 1.89 bits per heavy atom. The van der Waals surface area contributed by atoms with E-state index in [1.807, 2.05) is 36.4 Å². The number of fused-ring (bicyclic) bond motifs is 1. The second-order valence-corrected chi connectivity index (χ2v) is 9.65. The molecule has 35 heavy (non-hydrogen) atoms. The summed E-state index contributed by atoms with van der Waals surface area (Å²) in [5.41, 5.74) is 1.11. The van der Waals surface area contributed by atoms with E-state index in [4.69, 9.17) is 9.47 Å². The third kappa shape index (κ3) is 5.63. The number of aromatic nitrogens is 2. The van der Waals surface area contributed by atoms with Crippen LogP contribution in [0.3, 0.4) is 0 Å². The summed E-state index contributed by atoms with van der Waals surface area (Å²) < 4.78 is 13.1. The SMILES string of the molecule is Cn1nc(C(C)(C)C)cc1NC(=O)/C(=N\O)c1ccc(OCCN2CCOCC2)c2ccccc12. The molecule has 0 spiro atoms. The molecule has 0 aliphatic carbocycles. The summed E-state index contributed by atoms with van der Waals surface area (Å²) in [5.74, 6) is 0.715. The van der Waals surface area contributed by atoms with E-state index in [-0.39, 0.29) is 11.1 Å². The van der Waals surface area contributed by atoms with Crippen LogP contribution in [-0.4, -0.2) is 71.0 Å². The Hall–Kier alpha value is -3.43. The molecular weight excluding hydrogens is 446 g/mol. The smallest absolute Gasteiger partial charge is 0.279 e. The number of carbonyl (C=O) groups excluding carboxylic acids is 1. The monoisotopic (exact) mass is 479 g/mol. The zero-order valence-corrected chi connectivity index (χ0v) is 20.7. The first kappa shape index (κ1) is 24.7. The molecule has 0 unspecified atom stereocenters. The van der Waals surface area contributed by atoms with Crippen LogP contribution in [0.15, 0.2) is 47.6 Å². The Balaban J connectivity index is 1.54. The summed E-state index contributed by atoms with van der Waals surface area (Å²) in [5, 5.41) is 22.1. The van der Waals surface area contributed by atoms with Crippen molar-refractivity contribution < 1.29 is 19.5 Å². The van der Waals surface area contributed by atoms with E-state index in [0.29, 0.717) is 18.0 Å². The molecule has 1 amide bonds. The van der Waals surface area contributed by atoms with Crippen molar-refractivity contribution in [3.8, 4) is 5.75 Å². The van der Waals surface area contributed by atoms with Crippen molar-refractivity contribution >= 4 is 28.2 Å². The lowest BCUT2D eigenvalue weighted by Gasteiger charge is -2.26. The lowest BCUT2D eigenvalue weighted by Crippen LogP contribution is -2.38. The maximum Gasteiger partial charge on any atom is 0.279 e. The van der Waals surface area contributed by atoms with Crippen LogP contribution in [-0.2, 0) is 22.0 Å².